The van der Waals surface area contributed by atoms with Gasteiger partial charge < -0.3 is 16.0 Å². The Bertz CT molecular complexity index is 1570. The number of aromatic nitrogens is 1. The fraction of sp³-hybridized carbons (Fsp3) is 0.389. The number of ketones is 1. The molecule has 0 bridgehead atoms. The van der Waals surface area contributed by atoms with Crippen LogP contribution in [0.2, 0.25) is 10.0 Å². The van der Waals surface area contributed by atoms with E-state index in [0.717, 1.165) is 87.9 Å². The van der Waals surface area contributed by atoms with Crippen LogP contribution in [0.5, 0.6) is 0 Å². The molecule has 0 spiro atoms. The summed E-state index contributed by atoms with van der Waals surface area (Å²) in [5, 5.41) is 7.41. The van der Waals surface area contributed by atoms with Crippen molar-refractivity contribution in [3.63, 3.8) is 0 Å². The second-order valence-corrected chi connectivity index (χ2v) is 13.9. The number of hydrogen-bond donors (Lipinski definition) is 2. The topological polar surface area (TPSA) is 71.2 Å². The molecule has 2 fully saturated rings. The molecule has 2 saturated heterocycles. The summed E-state index contributed by atoms with van der Waals surface area (Å²) in [6.45, 7) is 3.92. The van der Waals surface area contributed by atoms with Gasteiger partial charge in [0.05, 0.1) is 21.8 Å². The summed E-state index contributed by atoms with van der Waals surface area (Å²) >= 11 is 14.1. The average molecular weight is 648 g/mol. The van der Waals surface area contributed by atoms with Crippen LogP contribution in [0.4, 0.5) is 5.13 Å². The molecule has 4 aromatic rings. The number of hydrogen-bond acceptors (Lipinski definition) is 6. The first kappa shape index (κ1) is 31.3. The van der Waals surface area contributed by atoms with Crippen LogP contribution in [-0.2, 0) is 11.8 Å². The van der Waals surface area contributed by atoms with Gasteiger partial charge in [-0.25, -0.2) is 4.98 Å². The van der Waals surface area contributed by atoms with E-state index in [4.69, 9.17) is 33.9 Å². The molecule has 0 amide bonds. The third-order valence-corrected chi connectivity index (χ3v) is 11.0. The molecular weight excluding hydrogens is 607 g/mol. The monoisotopic (exact) mass is 646 g/mol. The number of carbonyl (C=O) groups is 1. The van der Waals surface area contributed by atoms with Crippen molar-refractivity contribution in [2.24, 2.45) is 0 Å². The molecule has 230 valence electrons. The van der Waals surface area contributed by atoms with Gasteiger partial charge >= 0.3 is 0 Å². The number of thiazole rings is 1. The second kappa shape index (κ2) is 14.1. The first-order valence-corrected chi connectivity index (χ1v) is 17.4. The van der Waals surface area contributed by atoms with E-state index in [9.17, 15) is 4.79 Å². The number of aryl methyl sites for hydroxylation is 1. The summed E-state index contributed by atoms with van der Waals surface area (Å²) in [5.74, 6) is 0.215. The van der Waals surface area contributed by atoms with E-state index in [-0.39, 0.29) is 23.2 Å². The predicted octanol–water partition coefficient (Wildman–Crippen LogP) is 8.16. The number of halogens is 2. The minimum Gasteiger partial charge on any atom is -0.375 e. The van der Waals surface area contributed by atoms with Gasteiger partial charge in [0.1, 0.15) is 0 Å². The van der Waals surface area contributed by atoms with E-state index < -0.39 is 0 Å². The lowest BCUT2D eigenvalue weighted by Gasteiger charge is -2.41. The maximum absolute atomic E-state index is 13.9. The molecule has 0 aliphatic carbocycles. The molecule has 2 aliphatic rings. The largest absolute Gasteiger partial charge is 0.375 e. The molecule has 8 heteroatoms. The van der Waals surface area contributed by atoms with Gasteiger partial charge in [-0.05, 0) is 99.6 Å². The van der Waals surface area contributed by atoms with Crippen molar-refractivity contribution in [2.75, 3.05) is 31.9 Å². The van der Waals surface area contributed by atoms with Crippen molar-refractivity contribution in [3.05, 3.63) is 116 Å². The molecule has 3 aromatic carbocycles. The van der Waals surface area contributed by atoms with Gasteiger partial charge in [0.25, 0.3) is 0 Å². The quantitative estimate of drug-likeness (QED) is 0.180. The summed E-state index contributed by atoms with van der Waals surface area (Å²) < 4.78 is 0. The van der Waals surface area contributed by atoms with Gasteiger partial charge in [-0.15, -0.1) is 11.3 Å². The van der Waals surface area contributed by atoms with Crippen LogP contribution in [0.3, 0.4) is 0 Å². The Hall–Kier alpha value is -2.74. The molecule has 44 heavy (non-hydrogen) atoms. The summed E-state index contributed by atoms with van der Waals surface area (Å²) in [7, 11) is 0. The summed E-state index contributed by atoms with van der Waals surface area (Å²) in [5.41, 5.74) is 11.5. The number of likely N-dealkylation sites (tertiary alicyclic amines) is 1. The van der Waals surface area contributed by atoms with E-state index in [0.29, 0.717) is 15.2 Å². The number of nitrogens with one attached hydrogen (secondary N) is 1. The van der Waals surface area contributed by atoms with E-state index in [2.05, 4.69) is 58.1 Å². The molecule has 3 heterocycles. The molecular formula is C36H40Cl2N4OS. The Balaban J connectivity index is 1.08. The summed E-state index contributed by atoms with van der Waals surface area (Å²) in [6.07, 6.45) is 7.12. The number of piperidine rings is 1. The van der Waals surface area contributed by atoms with Crippen molar-refractivity contribution >= 4 is 45.5 Å². The molecule has 6 rings (SSSR count). The Morgan fingerprint density at radius 1 is 1.00 bits per heavy atom. The molecule has 0 radical (unpaired) electrons. The normalized spacial score (nSPS) is 20.7. The maximum Gasteiger partial charge on any atom is 0.180 e. The van der Waals surface area contributed by atoms with Crippen LogP contribution < -0.4 is 11.1 Å². The molecule has 3 N–H and O–H groups in total. The average Bonchev–Trinajstić information content (AvgIpc) is 3.35. The van der Waals surface area contributed by atoms with Crippen molar-refractivity contribution < 1.29 is 4.79 Å². The highest BCUT2D eigenvalue weighted by Gasteiger charge is 2.39. The fourth-order valence-corrected chi connectivity index (χ4v) is 8.08. The highest BCUT2D eigenvalue weighted by atomic mass is 35.5. The van der Waals surface area contributed by atoms with Crippen molar-refractivity contribution in [1.29, 1.82) is 0 Å². The van der Waals surface area contributed by atoms with Crippen LogP contribution >= 0.6 is 34.5 Å². The Morgan fingerprint density at radius 3 is 2.57 bits per heavy atom. The number of rotatable bonds is 9. The Morgan fingerprint density at radius 2 is 1.82 bits per heavy atom. The zero-order valence-corrected chi connectivity index (χ0v) is 27.3. The molecule has 1 aromatic heterocycles. The predicted molar refractivity (Wildman–Crippen MR) is 183 cm³/mol. The van der Waals surface area contributed by atoms with Gasteiger partial charge in [0, 0.05) is 22.3 Å². The third-order valence-electron chi connectivity index (χ3n) is 9.56. The molecule has 2 aliphatic heterocycles. The first-order chi connectivity index (χ1) is 21.4. The number of carbonyl (C=O) groups excluding carboxylic acids is 1. The Kier molecular flexibility index (Phi) is 10.0. The minimum atomic E-state index is -0.281. The van der Waals surface area contributed by atoms with Crippen LogP contribution in [0.1, 0.15) is 77.2 Å². The van der Waals surface area contributed by atoms with Crippen LogP contribution in [-0.4, -0.2) is 47.9 Å². The van der Waals surface area contributed by atoms with Gasteiger partial charge in [-0.1, -0.05) is 84.2 Å². The lowest BCUT2D eigenvalue weighted by atomic mass is 9.70. The zero-order valence-electron chi connectivity index (χ0n) is 25.0. The summed E-state index contributed by atoms with van der Waals surface area (Å²) in [6, 6.07) is 24.5. The number of anilines is 1. The van der Waals surface area contributed by atoms with E-state index >= 15 is 0 Å². The number of nitrogens with zero attached hydrogens (tertiary/aromatic N) is 2. The standard InChI is InChI=1S/C36H40Cl2N4OS/c37-30-15-14-26(23-31(30)38)29-13-4-5-18-40-33(29)34(43)27-10-6-8-25(22-27)9-7-19-42-20-16-36(17-21-42,28-11-2-1-3-12-28)32-24-44-35(39)41-32/h1-3,6,8,10-12,14-15,22-24,29,33,40H,4-5,7,9,13,16-21H2,(H2,39,41). The van der Waals surface area contributed by atoms with Gasteiger partial charge in [-0.2, -0.15) is 0 Å². The number of benzene rings is 3. The number of Topliss-reactive ketones (excluding diaryl/α,β-unsaturated/α-hetero) is 1. The minimum absolute atomic E-state index is 0.0613. The van der Waals surface area contributed by atoms with Crippen LogP contribution in [0, 0.1) is 0 Å². The second-order valence-electron chi connectivity index (χ2n) is 12.2. The smallest absolute Gasteiger partial charge is 0.180 e. The van der Waals surface area contributed by atoms with Gasteiger partial charge in [0.2, 0.25) is 0 Å². The third kappa shape index (κ3) is 6.90. The van der Waals surface area contributed by atoms with Crippen LogP contribution in [0.25, 0.3) is 0 Å². The first-order valence-electron chi connectivity index (χ1n) is 15.7. The molecule has 2 atom stereocenters. The highest BCUT2D eigenvalue weighted by molar-refractivity contribution is 7.13. The van der Waals surface area contributed by atoms with Crippen LogP contribution in [0.15, 0.2) is 78.2 Å². The van der Waals surface area contributed by atoms with E-state index in [1.54, 1.807) is 0 Å². The fourth-order valence-electron chi connectivity index (χ4n) is 7.12. The van der Waals surface area contributed by atoms with E-state index in [1.807, 2.05) is 30.3 Å². The zero-order chi connectivity index (χ0) is 30.5. The SMILES string of the molecule is Nc1nc(C2(c3ccccc3)CCN(CCCc3cccc(C(=O)C4NCCCCC4c4ccc(Cl)c(Cl)c4)c3)CC2)cs1. The molecule has 5 nitrogen and oxygen atoms in total. The van der Waals surface area contributed by atoms with Gasteiger partial charge in [0.15, 0.2) is 10.9 Å². The van der Waals surface area contributed by atoms with Crippen molar-refractivity contribution in [2.45, 2.75) is 62.3 Å². The molecule has 0 saturated carbocycles. The Labute approximate surface area is 274 Å². The van der Waals surface area contributed by atoms with Crippen molar-refractivity contribution in [1.82, 2.24) is 15.2 Å². The lowest BCUT2D eigenvalue weighted by molar-refractivity contribution is 0.0929. The number of nitrogen functional groups attached to an aromatic ring is 1. The van der Waals surface area contributed by atoms with Gasteiger partial charge in [-0.3, -0.25) is 4.79 Å². The maximum atomic E-state index is 13.9. The van der Waals surface area contributed by atoms with E-state index in [1.165, 1.54) is 22.5 Å². The molecule has 2 unspecified atom stereocenters. The highest BCUT2D eigenvalue weighted by Crippen LogP contribution is 2.42. The summed E-state index contributed by atoms with van der Waals surface area (Å²) in [4.78, 5) is 21.2. The lowest BCUT2D eigenvalue weighted by Crippen LogP contribution is -2.44. The number of nitrogens with two attached hydrogens (primary N) is 1. The van der Waals surface area contributed by atoms with Crippen molar-refractivity contribution in [3.8, 4) is 0 Å².